The van der Waals surface area contributed by atoms with E-state index in [0.29, 0.717) is 17.6 Å². The summed E-state index contributed by atoms with van der Waals surface area (Å²) in [5.74, 6) is 0.133. The van der Waals surface area contributed by atoms with Gasteiger partial charge < -0.3 is 19.3 Å². The zero-order chi connectivity index (χ0) is 21.1. The van der Waals surface area contributed by atoms with Crippen LogP contribution in [0.3, 0.4) is 0 Å². The van der Waals surface area contributed by atoms with Crippen molar-refractivity contribution in [3.8, 4) is 5.75 Å². The number of rotatable bonds is 4. The molecule has 1 spiro atoms. The highest BCUT2D eigenvalue weighted by Gasteiger charge is 2.69. The van der Waals surface area contributed by atoms with Gasteiger partial charge in [0.25, 0.3) is 0 Å². The maximum absolute atomic E-state index is 10.9. The van der Waals surface area contributed by atoms with Crippen molar-refractivity contribution in [2.75, 3.05) is 0 Å². The first kappa shape index (κ1) is 20.2. The molecule has 0 aromatic heterocycles. The van der Waals surface area contributed by atoms with Crippen LogP contribution >= 0.6 is 0 Å². The predicted molar refractivity (Wildman–Crippen MR) is 105 cm³/mol. The molecule has 30 heavy (non-hydrogen) atoms. The number of carbonyl (C=O) groups is 1. The van der Waals surface area contributed by atoms with E-state index in [-0.39, 0.29) is 18.3 Å². The average molecular weight is 418 g/mol. The molecule has 1 aromatic rings. The van der Waals surface area contributed by atoms with Gasteiger partial charge in [-0.2, -0.15) is 0 Å². The van der Waals surface area contributed by atoms with Crippen molar-refractivity contribution < 1.29 is 33.9 Å². The van der Waals surface area contributed by atoms with Gasteiger partial charge in [0.1, 0.15) is 5.75 Å². The molecular formula is C23H30O7. The molecule has 0 radical (unpaired) electrons. The van der Waals surface area contributed by atoms with Crippen molar-refractivity contribution in [3.05, 3.63) is 29.8 Å². The Morgan fingerprint density at radius 2 is 1.90 bits per heavy atom. The van der Waals surface area contributed by atoms with Crippen LogP contribution < -0.4 is 4.74 Å². The largest absolute Gasteiger partial charge is 0.481 e. The summed E-state index contributed by atoms with van der Waals surface area (Å²) in [6, 6.07) is 7.15. The van der Waals surface area contributed by atoms with E-state index in [1.165, 1.54) is 0 Å². The Balaban J connectivity index is 1.41. The number of hydrogen-bond acceptors (Lipinski definition) is 6. The lowest BCUT2D eigenvalue weighted by Gasteiger charge is -2.60. The third-order valence-corrected chi connectivity index (χ3v) is 7.63. The lowest BCUT2D eigenvalue weighted by molar-refractivity contribution is -0.575. The van der Waals surface area contributed by atoms with Crippen molar-refractivity contribution >= 4 is 5.97 Å². The fourth-order valence-corrected chi connectivity index (χ4v) is 6.00. The summed E-state index contributed by atoms with van der Waals surface area (Å²) in [5.41, 5.74) is 0.136. The Labute approximate surface area is 176 Å². The Bertz CT molecular complexity index is 810. The highest BCUT2D eigenvalue weighted by molar-refractivity contribution is 5.70. The van der Waals surface area contributed by atoms with Crippen LogP contribution in [0.25, 0.3) is 0 Å². The van der Waals surface area contributed by atoms with Crippen LogP contribution in [0.1, 0.15) is 52.0 Å². The average Bonchev–Trinajstić information content (AvgIpc) is 2.93. The maximum atomic E-state index is 10.9. The van der Waals surface area contributed by atoms with Gasteiger partial charge in [0.05, 0.1) is 6.42 Å². The molecule has 5 fully saturated rings. The van der Waals surface area contributed by atoms with Gasteiger partial charge in [0.2, 0.25) is 12.1 Å². The number of benzene rings is 1. The molecule has 4 heterocycles. The number of carboxylic acids is 1. The Kier molecular flexibility index (Phi) is 4.85. The minimum absolute atomic E-state index is 0.00733. The summed E-state index contributed by atoms with van der Waals surface area (Å²) in [4.78, 5) is 22.9. The summed E-state index contributed by atoms with van der Waals surface area (Å²) >= 11 is 0. The molecule has 1 aromatic carbocycles. The minimum atomic E-state index is -0.851. The van der Waals surface area contributed by atoms with Crippen LogP contribution in [0.15, 0.2) is 24.3 Å². The molecule has 1 N–H and O–H groups in total. The van der Waals surface area contributed by atoms with Gasteiger partial charge in [-0.05, 0) is 55.7 Å². The van der Waals surface area contributed by atoms with Gasteiger partial charge in [-0.25, -0.2) is 9.78 Å². The molecule has 8 atom stereocenters. The van der Waals surface area contributed by atoms with Gasteiger partial charge in [-0.1, -0.05) is 26.0 Å². The van der Waals surface area contributed by atoms with Crippen LogP contribution in [0.4, 0.5) is 0 Å². The monoisotopic (exact) mass is 418 g/mol. The molecule has 7 nitrogen and oxygen atoms in total. The third-order valence-electron chi connectivity index (χ3n) is 7.63. The SMILES string of the molecule is C[C@H]1[C@@H](Oc2ccc(CC(=O)O)cc2)O[C@@H]2O[C@]3(C)CCC4[C@H](C)CC[C@@H]1[C@]42OO3. The second-order valence-corrected chi connectivity index (χ2v) is 9.61. The zero-order valence-electron chi connectivity index (χ0n) is 17.7. The Morgan fingerprint density at radius 3 is 2.63 bits per heavy atom. The first-order valence-electron chi connectivity index (χ1n) is 11.0. The lowest BCUT2D eigenvalue weighted by Crippen LogP contribution is -2.70. The predicted octanol–water partition coefficient (Wildman–Crippen LogP) is 3.90. The van der Waals surface area contributed by atoms with Crippen LogP contribution in [0.2, 0.25) is 0 Å². The topological polar surface area (TPSA) is 83.5 Å². The molecule has 4 saturated heterocycles. The van der Waals surface area contributed by atoms with Crippen LogP contribution in [0, 0.1) is 23.7 Å². The normalized spacial score (nSPS) is 44.8. The molecule has 1 aliphatic carbocycles. The van der Waals surface area contributed by atoms with E-state index in [4.69, 9.17) is 29.1 Å². The number of carboxylic acid groups (broad SMARTS) is 1. The van der Waals surface area contributed by atoms with Gasteiger partial charge in [0.15, 0.2) is 11.9 Å². The lowest BCUT2D eigenvalue weighted by atomic mass is 9.58. The summed E-state index contributed by atoms with van der Waals surface area (Å²) < 4.78 is 19.0. The first-order valence-corrected chi connectivity index (χ1v) is 11.0. The van der Waals surface area contributed by atoms with E-state index in [0.717, 1.165) is 31.2 Å². The van der Waals surface area contributed by atoms with Crippen LogP contribution in [0.5, 0.6) is 5.75 Å². The van der Waals surface area contributed by atoms with Crippen molar-refractivity contribution in [2.24, 2.45) is 23.7 Å². The quantitative estimate of drug-likeness (QED) is 0.743. The van der Waals surface area contributed by atoms with E-state index in [9.17, 15) is 4.79 Å². The summed E-state index contributed by atoms with van der Waals surface area (Å²) in [7, 11) is 0. The number of aliphatic carboxylic acids is 1. The molecule has 6 rings (SSSR count). The molecule has 7 heteroatoms. The van der Waals surface area contributed by atoms with Crippen molar-refractivity contribution in [1.82, 2.24) is 0 Å². The highest BCUT2D eigenvalue weighted by Crippen LogP contribution is 2.60. The van der Waals surface area contributed by atoms with Gasteiger partial charge >= 0.3 is 5.97 Å². The van der Waals surface area contributed by atoms with E-state index in [2.05, 4.69) is 13.8 Å². The van der Waals surface area contributed by atoms with Crippen LogP contribution in [-0.2, 0) is 30.5 Å². The standard InChI is InChI=1S/C23H30O7/c1-13-4-9-18-14(2)20(26-16-7-5-15(6-8-16)12-19(24)25)27-21-23(18)17(13)10-11-22(3,28-21)29-30-23/h5-8,13-14,17-18,20-21H,4,9-12H2,1-3H3,(H,24,25)/t13-,14-,17?,18+,20+,21-,22+,23-/m1/s1. The fourth-order valence-electron chi connectivity index (χ4n) is 6.00. The minimum Gasteiger partial charge on any atom is -0.481 e. The molecule has 0 amide bonds. The van der Waals surface area contributed by atoms with Crippen molar-refractivity contribution in [3.63, 3.8) is 0 Å². The van der Waals surface area contributed by atoms with Gasteiger partial charge in [-0.3, -0.25) is 4.79 Å². The smallest absolute Gasteiger partial charge is 0.307 e. The number of hydrogen-bond donors (Lipinski definition) is 1. The van der Waals surface area contributed by atoms with E-state index in [1.54, 1.807) is 24.3 Å². The summed E-state index contributed by atoms with van der Waals surface area (Å²) in [6.07, 6.45) is 2.91. The highest BCUT2D eigenvalue weighted by atomic mass is 17.3. The first-order chi connectivity index (χ1) is 14.3. The van der Waals surface area contributed by atoms with E-state index < -0.39 is 29.9 Å². The Hall–Kier alpha value is -1.67. The molecule has 1 unspecified atom stereocenters. The second-order valence-electron chi connectivity index (χ2n) is 9.61. The molecule has 5 aliphatic rings. The van der Waals surface area contributed by atoms with Crippen LogP contribution in [-0.4, -0.2) is 35.0 Å². The molecule has 164 valence electrons. The second kappa shape index (κ2) is 7.19. The van der Waals surface area contributed by atoms with Crippen molar-refractivity contribution in [2.45, 2.75) is 76.8 Å². The van der Waals surface area contributed by atoms with E-state index in [1.807, 2.05) is 6.92 Å². The van der Waals surface area contributed by atoms with Crippen molar-refractivity contribution in [1.29, 1.82) is 0 Å². The molecule has 2 bridgehead atoms. The molecule has 4 aliphatic heterocycles. The Morgan fingerprint density at radius 1 is 1.13 bits per heavy atom. The van der Waals surface area contributed by atoms with Gasteiger partial charge in [0, 0.05) is 18.3 Å². The zero-order valence-corrected chi connectivity index (χ0v) is 17.7. The van der Waals surface area contributed by atoms with Gasteiger partial charge in [-0.15, -0.1) is 0 Å². The third kappa shape index (κ3) is 3.14. The fraction of sp³-hybridized carbons (Fsp3) is 0.696. The maximum Gasteiger partial charge on any atom is 0.307 e. The van der Waals surface area contributed by atoms with E-state index >= 15 is 0 Å². The number of ether oxygens (including phenoxy) is 3. The number of fused-ring (bicyclic) bond motifs is 2. The molecule has 1 saturated carbocycles. The molecular weight excluding hydrogens is 388 g/mol. The summed E-state index contributed by atoms with van der Waals surface area (Å²) in [5, 5.41) is 8.95. The summed E-state index contributed by atoms with van der Waals surface area (Å²) in [6.45, 7) is 6.35.